The summed E-state index contributed by atoms with van der Waals surface area (Å²) in [6, 6.07) is 18.9. The van der Waals surface area contributed by atoms with Crippen LogP contribution in [0, 0.1) is 6.92 Å². The van der Waals surface area contributed by atoms with Gasteiger partial charge in [-0.05, 0) is 42.8 Å². The number of benzene rings is 3. The Balaban J connectivity index is 1.51. The van der Waals surface area contributed by atoms with Crippen molar-refractivity contribution in [3.63, 3.8) is 0 Å². The first-order valence-corrected chi connectivity index (χ1v) is 10.1. The molecule has 0 spiro atoms. The lowest BCUT2D eigenvalue weighted by molar-refractivity contribution is 0.114. The van der Waals surface area contributed by atoms with Crippen molar-refractivity contribution in [2.75, 3.05) is 6.61 Å². The number of rotatable bonds is 4. The largest absolute Gasteiger partial charge is 0.487 e. The van der Waals surface area contributed by atoms with Crippen LogP contribution >= 0.6 is 0 Å². The third-order valence-corrected chi connectivity index (χ3v) is 6.00. The lowest BCUT2D eigenvalue weighted by atomic mass is 9.98. The molecule has 3 aromatic rings. The van der Waals surface area contributed by atoms with E-state index in [1.807, 2.05) is 31.2 Å². The molecule has 1 aliphatic heterocycles. The molecule has 1 unspecified atom stereocenters. The van der Waals surface area contributed by atoms with Crippen molar-refractivity contribution in [1.29, 1.82) is 0 Å². The molecule has 5 heteroatoms. The van der Waals surface area contributed by atoms with Crippen LogP contribution in [0.4, 0.5) is 0 Å². The van der Waals surface area contributed by atoms with Crippen molar-refractivity contribution in [2.45, 2.75) is 30.8 Å². The Labute approximate surface area is 153 Å². The summed E-state index contributed by atoms with van der Waals surface area (Å²) in [6.45, 7) is 1.92. The van der Waals surface area contributed by atoms with Gasteiger partial charge in [-0.3, -0.25) is 4.18 Å². The van der Waals surface area contributed by atoms with Gasteiger partial charge in [0, 0.05) is 5.39 Å². The van der Waals surface area contributed by atoms with Crippen molar-refractivity contribution in [3.8, 4) is 5.75 Å². The summed E-state index contributed by atoms with van der Waals surface area (Å²) in [4.78, 5) is 0.171. The third-order valence-electron chi connectivity index (χ3n) is 4.70. The predicted molar refractivity (Wildman–Crippen MR) is 101 cm³/mol. The Morgan fingerprint density at radius 1 is 1.04 bits per heavy atom. The van der Waals surface area contributed by atoms with Crippen LogP contribution in [-0.4, -0.2) is 21.1 Å². The normalized spacial score (nSPS) is 16.9. The molecule has 0 aromatic heterocycles. The lowest BCUT2D eigenvalue weighted by Gasteiger charge is -2.27. The molecule has 3 aromatic carbocycles. The molecular weight excluding hydrogens is 348 g/mol. The minimum absolute atomic E-state index is 0.0128. The van der Waals surface area contributed by atoms with Gasteiger partial charge in [0.2, 0.25) is 0 Å². The molecule has 0 saturated heterocycles. The molecule has 1 heterocycles. The van der Waals surface area contributed by atoms with Crippen LogP contribution in [0.5, 0.6) is 5.75 Å². The molecule has 0 amide bonds. The molecule has 26 heavy (non-hydrogen) atoms. The fourth-order valence-electron chi connectivity index (χ4n) is 3.22. The Morgan fingerprint density at radius 2 is 1.81 bits per heavy atom. The maximum absolute atomic E-state index is 12.4. The quantitative estimate of drug-likeness (QED) is 0.646. The Hall–Kier alpha value is -2.37. The highest BCUT2D eigenvalue weighted by atomic mass is 32.2. The zero-order chi connectivity index (χ0) is 18.1. The van der Waals surface area contributed by atoms with Gasteiger partial charge in [0.15, 0.2) is 0 Å². The Bertz CT molecular complexity index is 1040. The van der Waals surface area contributed by atoms with Crippen LogP contribution in [0.1, 0.15) is 17.5 Å². The zero-order valence-electron chi connectivity index (χ0n) is 14.5. The molecule has 0 fully saturated rings. The lowest BCUT2D eigenvalue weighted by Crippen LogP contribution is -2.29. The van der Waals surface area contributed by atoms with E-state index in [1.165, 1.54) is 0 Å². The maximum Gasteiger partial charge on any atom is 0.297 e. The van der Waals surface area contributed by atoms with Crippen molar-refractivity contribution < 1.29 is 17.3 Å². The molecule has 0 aliphatic carbocycles. The van der Waals surface area contributed by atoms with E-state index in [0.29, 0.717) is 0 Å². The molecular formula is C21H20O4S. The van der Waals surface area contributed by atoms with E-state index in [1.54, 1.807) is 24.3 Å². The SMILES string of the molecule is Cc1ccc(S(=O)(=O)OCC2CCc3ccc4ccccc4c3O2)cc1. The second-order valence-electron chi connectivity index (χ2n) is 6.61. The van der Waals surface area contributed by atoms with E-state index in [4.69, 9.17) is 8.92 Å². The maximum atomic E-state index is 12.4. The molecule has 0 radical (unpaired) electrons. The average molecular weight is 368 g/mol. The Kier molecular flexibility index (Phi) is 4.42. The van der Waals surface area contributed by atoms with Crippen LogP contribution < -0.4 is 4.74 Å². The molecule has 0 saturated carbocycles. The fraction of sp³-hybridized carbons (Fsp3) is 0.238. The third kappa shape index (κ3) is 3.32. The van der Waals surface area contributed by atoms with Crippen molar-refractivity contribution >= 4 is 20.9 Å². The number of aryl methyl sites for hydroxylation is 2. The van der Waals surface area contributed by atoms with Crippen LogP contribution in [0.15, 0.2) is 65.6 Å². The van der Waals surface area contributed by atoms with Crippen molar-refractivity contribution in [2.24, 2.45) is 0 Å². The molecule has 1 aliphatic rings. The van der Waals surface area contributed by atoms with Crippen molar-refractivity contribution in [3.05, 3.63) is 71.8 Å². The summed E-state index contributed by atoms with van der Waals surface area (Å²) in [5.41, 5.74) is 2.16. The van der Waals surface area contributed by atoms with E-state index in [9.17, 15) is 8.42 Å². The van der Waals surface area contributed by atoms with Gasteiger partial charge >= 0.3 is 0 Å². The summed E-state index contributed by atoms with van der Waals surface area (Å²) in [7, 11) is -3.78. The topological polar surface area (TPSA) is 52.6 Å². The average Bonchev–Trinajstić information content (AvgIpc) is 2.66. The number of ether oxygens (including phenoxy) is 1. The van der Waals surface area contributed by atoms with Gasteiger partial charge in [-0.1, -0.05) is 54.1 Å². The molecule has 0 bridgehead atoms. The van der Waals surface area contributed by atoms with Gasteiger partial charge in [-0.25, -0.2) is 0 Å². The summed E-state index contributed by atoms with van der Waals surface area (Å²) in [5.74, 6) is 0.843. The van der Waals surface area contributed by atoms with E-state index in [2.05, 4.69) is 12.1 Å². The molecule has 4 nitrogen and oxygen atoms in total. The summed E-state index contributed by atoms with van der Waals surface area (Å²) in [5, 5.41) is 2.16. The number of hydrogen-bond donors (Lipinski definition) is 0. The highest BCUT2D eigenvalue weighted by molar-refractivity contribution is 7.86. The van der Waals surface area contributed by atoms with E-state index in [0.717, 1.165) is 40.5 Å². The highest BCUT2D eigenvalue weighted by Crippen LogP contribution is 2.35. The minimum atomic E-state index is -3.78. The standard InChI is InChI=1S/C21H20O4S/c1-15-6-12-19(13-7-15)26(22,23)24-14-18-11-10-17-9-8-16-4-2-3-5-20(16)21(17)25-18/h2-9,12-13,18H,10-11,14H2,1H3. The van der Waals surface area contributed by atoms with E-state index in [-0.39, 0.29) is 17.6 Å². The number of fused-ring (bicyclic) bond motifs is 3. The zero-order valence-corrected chi connectivity index (χ0v) is 15.3. The van der Waals surface area contributed by atoms with Crippen LogP contribution in [-0.2, 0) is 20.7 Å². The highest BCUT2D eigenvalue weighted by Gasteiger charge is 2.24. The molecule has 1 atom stereocenters. The second kappa shape index (κ2) is 6.74. The van der Waals surface area contributed by atoms with Crippen LogP contribution in [0.25, 0.3) is 10.8 Å². The Morgan fingerprint density at radius 3 is 2.62 bits per heavy atom. The van der Waals surface area contributed by atoms with Crippen LogP contribution in [0.2, 0.25) is 0 Å². The van der Waals surface area contributed by atoms with Crippen molar-refractivity contribution in [1.82, 2.24) is 0 Å². The van der Waals surface area contributed by atoms with Gasteiger partial charge in [-0.15, -0.1) is 0 Å². The first-order valence-electron chi connectivity index (χ1n) is 8.66. The van der Waals surface area contributed by atoms with Gasteiger partial charge in [-0.2, -0.15) is 8.42 Å². The summed E-state index contributed by atoms with van der Waals surface area (Å²) >= 11 is 0. The minimum Gasteiger partial charge on any atom is -0.487 e. The molecule has 4 rings (SSSR count). The predicted octanol–water partition coefficient (Wildman–Crippen LogP) is 4.25. The van der Waals surface area contributed by atoms with Gasteiger partial charge in [0.05, 0.1) is 4.90 Å². The van der Waals surface area contributed by atoms with E-state index < -0.39 is 10.1 Å². The second-order valence-corrected chi connectivity index (χ2v) is 8.22. The van der Waals surface area contributed by atoms with Gasteiger partial charge in [0.1, 0.15) is 18.5 Å². The first kappa shape index (κ1) is 17.1. The van der Waals surface area contributed by atoms with Crippen LogP contribution in [0.3, 0.4) is 0 Å². The molecule has 134 valence electrons. The monoisotopic (exact) mass is 368 g/mol. The van der Waals surface area contributed by atoms with Gasteiger partial charge < -0.3 is 4.74 Å². The summed E-state index contributed by atoms with van der Waals surface area (Å²) < 4.78 is 36.1. The summed E-state index contributed by atoms with van der Waals surface area (Å²) in [6.07, 6.45) is 1.29. The molecule has 0 N–H and O–H groups in total. The smallest absolute Gasteiger partial charge is 0.297 e. The van der Waals surface area contributed by atoms with Gasteiger partial charge in [0.25, 0.3) is 10.1 Å². The van der Waals surface area contributed by atoms with E-state index >= 15 is 0 Å². The number of hydrogen-bond acceptors (Lipinski definition) is 4. The fourth-order valence-corrected chi connectivity index (χ4v) is 4.16. The first-order chi connectivity index (χ1) is 12.5.